The SMILES string of the molecule is Cc1cccc(O)c1NC(=O)C1CC1c1ccc(F)c(F)c1. The monoisotopic (exact) mass is 303 g/mol. The van der Waals surface area contributed by atoms with Gasteiger partial charge in [0.2, 0.25) is 5.91 Å². The maximum absolute atomic E-state index is 13.2. The number of carbonyl (C=O) groups excluding carboxylic acids is 1. The Hall–Kier alpha value is -2.43. The molecule has 22 heavy (non-hydrogen) atoms. The third-order valence-electron chi connectivity index (χ3n) is 4.00. The molecule has 1 fully saturated rings. The van der Waals surface area contributed by atoms with Crippen molar-refractivity contribution in [2.45, 2.75) is 19.3 Å². The summed E-state index contributed by atoms with van der Waals surface area (Å²) in [6.45, 7) is 1.79. The van der Waals surface area contributed by atoms with Gasteiger partial charge in [-0.05, 0) is 48.6 Å². The summed E-state index contributed by atoms with van der Waals surface area (Å²) >= 11 is 0. The van der Waals surface area contributed by atoms with Crippen LogP contribution < -0.4 is 5.32 Å². The second-order valence-corrected chi connectivity index (χ2v) is 5.58. The van der Waals surface area contributed by atoms with Crippen LogP contribution in [-0.2, 0) is 4.79 Å². The third kappa shape index (κ3) is 2.66. The summed E-state index contributed by atoms with van der Waals surface area (Å²) in [6, 6.07) is 8.70. The standard InChI is InChI=1S/C17H15F2NO2/c1-9-3-2-4-15(21)16(9)20-17(22)12-8-11(12)10-5-6-13(18)14(19)7-10/h2-7,11-12,21H,8H2,1H3,(H,20,22). The number of halogens is 2. The molecule has 0 bridgehead atoms. The highest BCUT2D eigenvalue weighted by atomic mass is 19.2. The Kier molecular flexibility index (Phi) is 3.56. The Morgan fingerprint density at radius 2 is 2.00 bits per heavy atom. The Bertz CT molecular complexity index is 725. The van der Waals surface area contributed by atoms with Gasteiger partial charge in [-0.3, -0.25) is 4.79 Å². The fraction of sp³-hybridized carbons (Fsp3) is 0.235. The van der Waals surface area contributed by atoms with Crippen molar-refractivity contribution < 1.29 is 18.7 Å². The molecule has 1 aliphatic carbocycles. The van der Waals surface area contributed by atoms with Crippen molar-refractivity contribution in [2.24, 2.45) is 5.92 Å². The molecule has 0 saturated heterocycles. The van der Waals surface area contributed by atoms with Crippen LogP contribution in [0, 0.1) is 24.5 Å². The predicted molar refractivity (Wildman–Crippen MR) is 78.7 cm³/mol. The van der Waals surface area contributed by atoms with Gasteiger partial charge in [0.15, 0.2) is 11.6 Å². The number of para-hydroxylation sites is 1. The summed E-state index contributed by atoms with van der Waals surface area (Å²) < 4.78 is 26.2. The molecule has 0 spiro atoms. The number of phenols is 1. The summed E-state index contributed by atoms with van der Waals surface area (Å²) in [5.74, 6) is -2.40. The number of phenolic OH excluding ortho intramolecular Hbond substituents is 1. The smallest absolute Gasteiger partial charge is 0.228 e. The topological polar surface area (TPSA) is 49.3 Å². The maximum atomic E-state index is 13.2. The van der Waals surface area contributed by atoms with Gasteiger partial charge in [0.1, 0.15) is 5.75 Å². The molecule has 2 aromatic rings. The number of hydrogen-bond acceptors (Lipinski definition) is 2. The van der Waals surface area contributed by atoms with Gasteiger partial charge >= 0.3 is 0 Å². The first-order chi connectivity index (χ1) is 10.5. The molecule has 3 rings (SSSR count). The second kappa shape index (κ2) is 5.40. The Labute approximate surface area is 126 Å². The molecule has 0 aliphatic heterocycles. The average molecular weight is 303 g/mol. The Morgan fingerprint density at radius 3 is 2.68 bits per heavy atom. The average Bonchev–Trinajstić information content (AvgIpc) is 3.26. The molecule has 0 aromatic heterocycles. The van der Waals surface area contributed by atoms with Crippen LogP contribution in [0.25, 0.3) is 0 Å². The van der Waals surface area contributed by atoms with E-state index in [0.29, 0.717) is 17.7 Å². The summed E-state index contributed by atoms with van der Waals surface area (Å²) in [4.78, 5) is 12.2. The summed E-state index contributed by atoms with van der Waals surface area (Å²) in [6.07, 6.45) is 0.587. The van der Waals surface area contributed by atoms with Crippen LogP contribution in [0.1, 0.15) is 23.5 Å². The van der Waals surface area contributed by atoms with Gasteiger partial charge in [0, 0.05) is 5.92 Å². The zero-order valence-corrected chi connectivity index (χ0v) is 11.9. The van der Waals surface area contributed by atoms with Crippen molar-refractivity contribution in [2.75, 3.05) is 5.32 Å². The van der Waals surface area contributed by atoms with Crippen molar-refractivity contribution >= 4 is 11.6 Å². The summed E-state index contributed by atoms with van der Waals surface area (Å²) in [5.41, 5.74) is 1.77. The quantitative estimate of drug-likeness (QED) is 0.849. The second-order valence-electron chi connectivity index (χ2n) is 5.58. The fourth-order valence-corrected chi connectivity index (χ4v) is 2.63. The number of hydrogen-bond donors (Lipinski definition) is 2. The van der Waals surface area contributed by atoms with E-state index in [1.54, 1.807) is 19.1 Å². The molecular weight excluding hydrogens is 288 g/mol. The molecule has 1 amide bonds. The first-order valence-electron chi connectivity index (χ1n) is 7.01. The van der Waals surface area contributed by atoms with E-state index >= 15 is 0 Å². The van der Waals surface area contributed by atoms with Gasteiger partial charge in [-0.15, -0.1) is 0 Å². The number of nitrogens with one attached hydrogen (secondary N) is 1. The highest BCUT2D eigenvalue weighted by Crippen LogP contribution is 2.48. The number of benzene rings is 2. The van der Waals surface area contributed by atoms with E-state index in [4.69, 9.17) is 0 Å². The first-order valence-corrected chi connectivity index (χ1v) is 7.01. The van der Waals surface area contributed by atoms with E-state index in [0.717, 1.165) is 17.7 Å². The number of anilines is 1. The molecular formula is C17H15F2NO2. The van der Waals surface area contributed by atoms with Crippen LogP contribution in [-0.4, -0.2) is 11.0 Å². The Balaban J connectivity index is 1.72. The number of aromatic hydroxyl groups is 1. The van der Waals surface area contributed by atoms with Crippen LogP contribution in [0.5, 0.6) is 5.75 Å². The highest BCUT2D eigenvalue weighted by molar-refractivity contribution is 5.97. The van der Waals surface area contributed by atoms with Crippen LogP contribution in [0.15, 0.2) is 36.4 Å². The van der Waals surface area contributed by atoms with Crippen LogP contribution in [0.2, 0.25) is 0 Å². The molecule has 1 aliphatic rings. The lowest BCUT2D eigenvalue weighted by atomic mass is 10.1. The van der Waals surface area contributed by atoms with Crippen LogP contribution >= 0.6 is 0 Å². The van der Waals surface area contributed by atoms with Crippen LogP contribution in [0.4, 0.5) is 14.5 Å². The molecule has 3 nitrogen and oxygen atoms in total. The highest BCUT2D eigenvalue weighted by Gasteiger charge is 2.44. The van der Waals surface area contributed by atoms with Crippen molar-refractivity contribution in [1.82, 2.24) is 0 Å². The minimum atomic E-state index is -0.903. The van der Waals surface area contributed by atoms with Gasteiger partial charge in [-0.2, -0.15) is 0 Å². The van der Waals surface area contributed by atoms with E-state index in [1.807, 2.05) is 0 Å². The maximum Gasteiger partial charge on any atom is 0.228 e. The number of carbonyl (C=O) groups is 1. The number of rotatable bonds is 3. The molecule has 0 heterocycles. The van der Waals surface area contributed by atoms with E-state index in [9.17, 15) is 18.7 Å². The fourth-order valence-electron chi connectivity index (χ4n) is 2.63. The molecule has 5 heteroatoms. The van der Waals surface area contributed by atoms with Gasteiger partial charge in [-0.1, -0.05) is 18.2 Å². The molecule has 1 saturated carbocycles. The Morgan fingerprint density at radius 1 is 1.23 bits per heavy atom. The molecule has 0 radical (unpaired) electrons. The van der Waals surface area contributed by atoms with Gasteiger partial charge in [-0.25, -0.2) is 8.78 Å². The zero-order chi connectivity index (χ0) is 15.9. The van der Waals surface area contributed by atoms with Crippen molar-refractivity contribution in [1.29, 1.82) is 0 Å². The van der Waals surface area contributed by atoms with Crippen molar-refractivity contribution in [3.63, 3.8) is 0 Å². The largest absolute Gasteiger partial charge is 0.506 e. The minimum Gasteiger partial charge on any atom is -0.506 e. The predicted octanol–water partition coefficient (Wildman–Crippen LogP) is 3.72. The lowest BCUT2D eigenvalue weighted by molar-refractivity contribution is -0.117. The van der Waals surface area contributed by atoms with E-state index in [-0.39, 0.29) is 23.5 Å². The summed E-state index contributed by atoms with van der Waals surface area (Å²) in [7, 11) is 0. The molecule has 2 atom stereocenters. The number of amides is 1. The molecule has 2 aromatic carbocycles. The molecule has 114 valence electrons. The number of aryl methyl sites for hydroxylation is 1. The van der Waals surface area contributed by atoms with Gasteiger partial charge in [0.05, 0.1) is 5.69 Å². The van der Waals surface area contributed by atoms with E-state index < -0.39 is 11.6 Å². The normalized spacial score (nSPS) is 19.8. The zero-order valence-electron chi connectivity index (χ0n) is 11.9. The van der Waals surface area contributed by atoms with E-state index in [1.165, 1.54) is 12.1 Å². The minimum absolute atomic E-state index is 0.0124. The lowest BCUT2D eigenvalue weighted by Gasteiger charge is -2.10. The van der Waals surface area contributed by atoms with Gasteiger partial charge < -0.3 is 10.4 Å². The van der Waals surface area contributed by atoms with E-state index in [2.05, 4.69) is 5.32 Å². The van der Waals surface area contributed by atoms with Crippen molar-refractivity contribution in [3.05, 3.63) is 59.2 Å². The molecule has 2 N–H and O–H groups in total. The van der Waals surface area contributed by atoms with Crippen LogP contribution in [0.3, 0.4) is 0 Å². The summed E-state index contributed by atoms with van der Waals surface area (Å²) in [5, 5.41) is 12.5. The third-order valence-corrected chi connectivity index (χ3v) is 4.00. The first kappa shape index (κ1) is 14.5. The lowest BCUT2D eigenvalue weighted by Crippen LogP contribution is -2.15. The van der Waals surface area contributed by atoms with Gasteiger partial charge in [0.25, 0.3) is 0 Å². The molecule has 2 unspecified atom stereocenters. The van der Waals surface area contributed by atoms with Crippen molar-refractivity contribution in [3.8, 4) is 5.75 Å².